The third kappa shape index (κ3) is 1.67. The molecule has 1 nitrogen and oxygen atoms in total. The van der Waals surface area contributed by atoms with E-state index in [4.69, 9.17) is 0 Å². The summed E-state index contributed by atoms with van der Waals surface area (Å²) in [7, 11) is 4.60. The first-order valence-corrected chi connectivity index (χ1v) is 6.49. The van der Waals surface area contributed by atoms with Gasteiger partial charge in [-0.2, -0.15) is 0 Å². The van der Waals surface area contributed by atoms with Crippen molar-refractivity contribution in [3.63, 3.8) is 0 Å². The third-order valence-electron chi connectivity index (χ3n) is 3.86. The zero-order valence-corrected chi connectivity index (χ0v) is 11.5. The number of hydrogen-bond donors (Lipinski definition) is 0. The predicted octanol–water partition coefficient (Wildman–Crippen LogP) is 3.96. The van der Waals surface area contributed by atoms with Gasteiger partial charge in [0.15, 0.2) is 0 Å². The fourth-order valence-corrected chi connectivity index (χ4v) is 3.20. The van der Waals surface area contributed by atoms with E-state index in [0.29, 0.717) is 0 Å². The minimum absolute atomic E-state index is 1.05. The summed E-state index contributed by atoms with van der Waals surface area (Å²) in [5, 5.41) is 2.70. The van der Waals surface area contributed by atoms with E-state index in [1.54, 1.807) is 0 Å². The van der Waals surface area contributed by atoms with Crippen LogP contribution in [0.15, 0.2) is 36.9 Å². The molecule has 0 radical (unpaired) electrons. The highest BCUT2D eigenvalue weighted by atomic mass is 15.3. The SMILES string of the molecule is C=C(C)c1c2c(cc3ccccc13)C[N+](C)(C)C2. The summed E-state index contributed by atoms with van der Waals surface area (Å²) in [5.74, 6) is 0. The van der Waals surface area contributed by atoms with Gasteiger partial charge in [0, 0.05) is 11.1 Å². The van der Waals surface area contributed by atoms with Crippen LogP contribution in [0.4, 0.5) is 0 Å². The Hall–Kier alpha value is -1.60. The van der Waals surface area contributed by atoms with E-state index in [1.807, 2.05) is 0 Å². The second-order valence-corrected chi connectivity index (χ2v) is 6.14. The molecule has 1 heterocycles. The molecule has 3 rings (SSSR count). The van der Waals surface area contributed by atoms with Crippen molar-refractivity contribution in [3.05, 3.63) is 53.6 Å². The summed E-state index contributed by atoms with van der Waals surface area (Å²) >= 11 is 0. The van der Waals surface area contributed by atoms with Gasteiger partial charge < -0.3 is 4.48 Å². The average molecular weight is 238 g/mol. The molecule has 18 heavy (non-hydrogen) atoms. The van der Waals surface area contributed by atoms with Crippen molar-refractivity contribution < 1.29 is 4.48 Å². The van der Waals surface area contributed by atoms with Crippen molar-refractivity contribution in [1.82, 2.24) is 0 Å². The van der Waals surface area contributed by atoms with Crippen LogP contribution in [0.25, 0.3) is 16.3 Å². The van der Waals surface area contributed by atoms with Crippen LogP contribution < -0.4 is 0 Å². The molecule has 0 aromatic heterocycles. The zero-order valence-electron chi connectivity index (χ0n) is 11.5. The summed E-state index contributed by atoms with van der Waals surface area (Å²) in [6, 6.07) is 11.0. The van der Waals surface area contributed by atoms with Gasteiger partial charge in [0.2, 0.25) is 0 Å². The van der Waals surface area contributed by atoms with E-state index in [0.717, 1.165) is 17.6 Å². The lowest BCUT2D eigenvalue weighted by Crippen LogP contribution is -2.32. The van der Waals surface area contributed by atoms with Gasteiger partial charge in [-0.05, 0) is 34.9 Å². The second kappa shape index (κ2) is 3.69. The van der Waals surface area contributed by atoms with Crippen LogP contribution in [0.2, 0.25) is 0 Å². The highest BCUT2D eigenvalue weighted by Gasteiger charge is 2.30. The van der Waals surface area contributed by atoms with E-state index in [-0.39, 0.29) is 0 Å². The number of hydrogen-bond acceptors (Lipinski definition) is 0. The standard InChI is InChI=1S/C17H20N/c1-12(2)17-15-8-6-5-7-13(15)9-14-10-18(3,4)11-16(14)17/h5-9H,1,10-11H2,2-4H3/q+1. The van der Waals surface area contributed by atoms with Crippen molar-refractivity contribution in [2.24, 2.45) is 0 Å². The van der Waals surface area contributed by atoms with Crippen molar-refractivity contribution in [3.8, 4) is 0 Å². The molecule has 92 valence electrons. The van der Waals surface area contributed by atoms with Crippen LogP contribution in [0.1, 0.15) is 23.6 Å². The quantitative estimate of drug-likeness (QED) is 0.660. The number of fused-ring (bicyclic) bond motifs is 2. The number of rotatable bonds is 1. The van der Waals surface area contributed by atoms with Gasteiger partial charge in [-0.3, -0.25) is 0 Å². The average Bonchev–Trinajstić information content (AvgIpc) is 2.58. The Balaban J connectivity index is 2.38. The number of nitrogens with zero attached hydrogens (tertiary/aromatic N) is 1. The maximum atomic E-state index is 4.19. The normalized spacial score (nSPS) is 16.8. The Morgan fingerprint density at radius 2 is 1.89 bits per heavy atom. The fourth-order valence-electron chi connectivity index (χ4n) is 3.20. The smallest absolute Gasteiger partial charge is 0.105 e. The van der Waals surface area contributed by atoms with Gasteiger partial charge >= 0.3 is 0 Å². The zero-order chi connectivity index (χ0) is 12.9. The molecule has 0 fully saturated rings. The molecule has 0 saturated carbocycles. The molecular weight excluding hydrogens is 218 g/mol. The van der Waals surface area contributed by atoms with E-state index in [2.05, 4.69) is 57.9 Å². The van der Waals surface area contributed by atoms with Gasteiger partial charge in [0.1, 0.15) is 13.1 Å². The van der Waals surface area contributed by atoms with Crippen molar-refractivity contribution in [2.75, 3.05) is 14.1 Å². The maximum Gasteiger partial charge on any atom is 0.105 e. The first-order chi connectivity index (χ1) is 8.48. The molecule has 0 saturated heterocycles. The van der Waals surface area contributed by atoms with Gasteiger partial charge in [-0.15, -0.1) is 0 Å². The molecule has 0 aliphatic carbocycles. The Labute approximate surface area is 109 Å². The summed E-state index contributed by atoms with van der Waals surface area (Å²) in [5.41, 5.74) is 5.57. The molecular formula is C17H20N+. The fraction of sp³-hybridized carbons (Fsp3) is 0.294. The van der Waals surface area contributed by atoms with Crippen LogP contribution in [-0.4, -0.2) is 18.6 Å². The lowest BCUT2D eigenvalue weighted by Gasteiger charge is -2.22. The monoisotopic (exact) mass is 238 g/mol. The number of allylic oxidation sites excluding steroid dienone is 1. The van der Waals surface area contributed by atoms with E-state index in [1.165, 1.54) is 33.0 Å². The van der Waals surface area contributed by atoms with E-state index in [9.17, 15) is 0 Å². The number of quaternary nitrogens is 1. The Bertz CT molecular complexity index is 650. The van der Waals surface area contributed by atoms with Crippen LogP contribution in [0.3, 0.4) is 0 Å². The first-order valence-electron chi connectivity index (χ1n) is 6.49. The highest BCUT2D eigenvalue weighted by molar-refractivity contribution is 5.95. The summed E-state index contributed by atoms with van der Waals surface area (Å²) < 4.78 is 1.05. The van der Waals surface area contributed by atoms with Gasteiger partial charge in [0.05, 0.1) is 14.1 Å². The Morgan fingerprint density at radius 1 is 1.17 bits per heavy atom. The van der Waals surface area contributed by atoms with Crippen LogP contribution in [0, 0.1) is 0 Å². The van der Waals surface area contributed by atoms with Crippen molar-refractivity contribution >= 4 is 16.3 Å². The van der Waals surface area contributed by atoms with Gasteiger partial charge in [-0.1, -0.05) is 30.8 Å². The van der Waals surface area contributed by atoms with E-state index < -0.39 is 0 Å². The number of benzene rings is 2. The minimum atomic E-state index is 1.05. The third-order valence-corrected chi connectivity index (χ3v) is 3.86. The van der Waals surface area contributed by atoms with Crippen LogP contribution in [-0.2, 0) is 13.1 Å². The molecule has 0 N–H and O–H groups in total. The summed E-state index contributed by atoms with van der Waals surface area (Å²) in [6.45, 7) is 8.56. The molecule has 1 heteroatoms. The largest absolute Gasteiger partial charge is 0.321 e. The van der Waals surface area contributed by atoms with Crippen LogP contribution in [0.5, 0.6) is 0 Å². The molecule has 0 unspecified atom stereocenters. The minimum Gasteiger partial charge on any atom is -0.321 e. The molecule has 0 atom stereocenters. The van der Waals surface area contributed by atoms with E-state index >= 15 is 0 Å². The molecule has 0 spiro atoms. The topological polar surface area (TPSA) is 0 Å². The highest BCUT2D eigenvalue weighted by Crippen LogP contribution is 2.37. The van der Waals surface area contributed by atoms with Crippen LogP contribution >= 0.6 is 0 Å². The molecule has 0 bridgehead atoms. The molecule has 1 aliphatic heterocycles. The van der Waals surface area contributed by atoms with Gasteiger partial charge in [-0.25, -0.2) is 0 Å². The first kappa shape index (κ1) is 11.5. The Kier molecular flexibility index (Phi) is 2.36. The molecule has 2 aromatic rings. The van der Waals surface area contributed by atoms with Crippen molar-refractivity contribution in [2.45, 2.75) is 20.0 Å². The van der Waals surface area contributed by atoms with Gasteiger partial charge in [0.25, 0.3) is 0 Å². The summed E-state index contributed by atoms with van der Waals surface area (Å²) in [4.78, 5) is 0. The lowest BCUT2D eigenvalue weighted by molar-refractivity contribution is -0.910. The molecule has 2 aromatic carbocycles. The predicted molar refractivity (Wildman–Crippen MR) is 78.2 cm³/mol. The molecule has 0 amide bonds. The molecule has 1 aliphatic rings. The summed E-state index contributed by atoms with van der Waals surface area (Å²) in [6.07, 6.45) is 0. The second-order valence-electron chi connectivity index (χ2n) is 6.14. The lowest BCUT2D eigenvalue weighted by atomic mass is 9.92. The Morgan fingerprint density at radius 3 is 2.61 bits per heavy atom. The van der Waals surface area contributed by atoms with Crippen molar-refractivity contribution in [1.29, 1.82) is 0 Å². The maximum absolute atomic E-state index is 4.19.